The first kappa shape index (κ1) is 120. The van der Waals surface area contributed by atoms with Gasteiger partial charge >= 0.3 is 61.3 Å². The number of ether oxygens (including phenoxy) is 13. The van der Waals surface area contributed by atoms with Crippen LogP contribution < -0.4 is 65.4 Å². The van der Waals surface area contributed by atoms with Crippen molar-refractivity contribution in [1.82, 2.24) is 41.3 Å². The van der Waals surface area contributed by atoms with Crippen molar-refractivity contribution < 1.29 is 153 Å². The van der Waals surface area contributed by atoms with Gasteiger partial charge in [-0.05, 0) is 279 Å². The van der Waals surface area contributed by atoms with Gasteiger partial charge in [-0.1, -0.05) is 36.4 Å². The third-order valence-corrected chi connectivity index (χ3v) is 20.3. The summed E-state index contributed by atoms with van der Waals surface area (Å²) in [5, 5.41) is 23.5. The van der Waals surface area contributed by atoms with E-state index in [1.165, 1.54) is 35.8 Å². The molecule has 0 aliphatic carbocycles. The van der Waals surface area contributed by atoms with Gasteiger partial charge in [0.2, 0.25) is 35.4 Å². The Kier molecular flexibility index (Phi) is 46.3. The number of nitrogens with zero attached hydrogens (tertiary/aromatic N) is 3. The Labute approximate surface area is 791 Å². The van der Waals surface area contributed by atoms with E-state index in [0.29, 0.717) is 68.9 Å². The first-order valence-corrected chi connectivity index (χ1v) is 43.6. The molecule has 3 fully saturated rings. The minimum Gasteiger partial charge on any atom is -0.870 e. The smallest absolute Gasteiger partial charge is 0.870 e. The van der Waals surface area contributed by atoms with E-state index < -0.39 is 182 Å². The van der Waals surface area contributed by atoms with Crippen LogP contribution in [-0.2, 0) is 110 Å². The van der Waals surface area contributed by atoms with Crippen LogP contribution in [0.15, 0.2) is 72.8 Å². The van der Waals surface area contributed by atoms with Crippen LogP contribution in [0, 0.1) is 0 Å². The molecule has 3 aromatic rings. The zero-order valence-corrected chi connectivity index (χ0v) is 84.0. The van der Waals surface area contributed by atoms with Crippen molar-refractivity contribution in [3.05, 3.63) is 89.5 Å². The Morgan fingerprint density at radius 2 is 0.629 bits per heavy atom. The molecule has 0 aromatic heterocycles. The van der Waals surface area contributed by atoms with E-state index in [1.54, 1.807) is 200 Å². The topological polar surface area (TPSA) is 488 Å². The molecule has 3 aliphatic heterocycles. The Bertz CT molecular complexity index is 4250. The number of amides is 8. The number of aliphatic carboxylic acids is 1. The molecule has 38 heteroatoms. The number of carboxylic acids is 1. The van der Waals surface area contributed by atoms with Gasteiger partial charge < -0.3 is 119 Å². The van der Waals surface area contributed by atoms with E-state index >= 15 is 0 Å². The number of carbonyl (C=O) groups excluding carboxylic acids is 12. The second-order valence-electron chi connectivity index (χ2n) is 39.8. The van der Waals surface area contributed by atoms with Gasteiger partial charge in [0.05, 0.1) is 70.7 Å². The molecule has 8 amide bonds. The van der Waals surface area contributed by atoms with Gasteiger partial charge in [-0.3, -0.25) is 28.8 Å². The molecule has 0 bridgehead atoms. The van der Waals surface area contributed by atoms with E-state index in [1.807, 2.05) is 74.4 Å². The van der Waals surface area contributed by atoms with E-state index in [9.17, 15) is 67.4 Å². The fourth-order valence-electron chi connectivity index (χ4n) is 14.4. The number of rotatable bonds is 29. The Morgan fingerprint density at radius 1 is 0.379 bits per heavy atom. The van der Waals surface area contributed by atoms with Crippen LogP contribution in [0.3, 0.4) is 0 Å². The van der Waals surface area contributed by atoms with Crippen LogP contribution in [0.25, 0.3) is 0 Å². The summed E-state index contributed by atoms with van der Waals surface area (Å²) in [6, 6.07) is 15.0. The zero-order chi connectivity index (χ0) is 99.6. The number of methoxy groups -OCH3 is 5. The molecule has 3 heterocycles. The molecule has 0 saturated carbocycles. The van der Waals surface area contributed by atoms with Crippen molar-refractivity contribution in [2.24, 2.45) is 5.73 Å². The quantitative estimate of drug-likeness (QED) is 0.0149. The molecular weight excluding hydrogens is 1710 g/mol. The predicted octanol–water partition coefficient (Wildman–Crippen LogP) is 8.17. The van der Waals surface area contributed by atoms with Crippen molar-refractivity contribution in [2.75, 3.05) is 55.2 Å². The Morgan fingerprint density at radius 3 is 0.871 bits per heavy atom. The number of hydrogen-bond acceptors (Lipinski definition) is 28. The first-order chi connectivity index (χ1) is 59.6. The van der Waals surface area contributed by atoms with Crippen LogP contribution in [0.1, 0.15) is 242 Å². The molecule has 740 valence electrons. The monoisotopic (exact) mass is 1860 g/mol. The van der Waals surface area contributed by atoms with Crippen LogP contribution in [0.2, 0.25) is 0 Å². The number of esters is 2. The largest absolute Gasteiger partial charge is 1.00 e. The van der Waals surface area contributed by atoms with Crippen molar-refractivity contribution in [2.45, 2.75) is 355 Å². The number of carboxylic acid groups (broad SMARTS) is 1. The van der Waals surface area contributed by atoms with E-state index in [2.05, 4.69) is 31.3 Å². The number of carbonyl (C=O) groups is 13. The Balaban J connectivity index is 0.000000913. The minimum absolute atomic E-state index is 0. The van der Waals surface area contributed by atoms with Crippen LogP contribution >= 0.6 is 0 Å². The summed E-state index contributed by atoms with van der Waals surface area (Å²) >= 11 is 0. The first-order valence-electron chi connectivity index (χ1n) is 43.6. The van der Waals surface area contributed by atoms with Gasteiger partial charge in [0, 0.05) is 38.9 Å². The minimum atomic E-state index is -1.39. The number of hydrogen-bond donors (Lipinski definition) is 7. The summed E-state index contributed by atoms with van der Waals surface area (Å²) in [4.78, 5) is 171. The molecule has 3 saturated heterocycles. The molecule has 0 unspecified atom stereocenters. The summed E-state index contributed by atoms with van der Waals surface area (Å²) in [5.41, 5.74) is 0.132. The summed E-state index contributed by atoms with van der Waals surface area (Å²) < 4.78 is 68.0. The van der Waals surface area contributed by atoms with E-state index in [0.717, 1.165) is 16.7 Å². The zero-order valence-electron chi connectivity index (χ0n) is 84.0. The maximum atomic E-state index is 14.0. The molecule has 0 radical (unpaired) electrons. The van der Waals surface area contributed by atoms with Gasteiger partial charge in [-0.2, -0.15) is 0 Å². The maximum absolute atomic E-state index is 14.0. The van der Waals surface area contributed by atoms with Crippen molar-refractivity contribution in [3.63, 3.8) is 0 Å². The van der Waals surface area contributed by atoms with Crippen molar-refractivity contribution in [1.29, 1.82) is 0 Å². The second kappa shape index (κ2) is 50.9. The fourth-order valence-corrected chi connectivity index (χ4v) is 14.4. The van der Waals surface area contributed by atoms with Crippen molar-refractivity contribution in [3.8, 4) is 17.2 Å². The normalized spacial score (nSPS) is 18.8. The van der Waals surface area contributed by atoms with Gasteiger partial charge in [-0.15, -0.1) is 0 Å². The van der Waals surface area contributed by atoms with Gasteiger partial charge in [0.15, 0.2) is 0 Å². The number of likely N-dealkylation sites (tertiary alicyclic amines) is 3. The SMILES string of the molecule is CC(C)(C)OC(=O)OC(=O)OC(C)(C)C.COC(=O)[C@]1(C)CCCN1C(=O)[C@H](Cc1ccc(OC)cc1)NC(=O)[C@@H](N)[C@@H](C)OC(C)(C)C.COC(=O)[C@]1(C)CCCN1C(=O)[C@H](Cc1ccc(OC)cc1)NC(=O)[C@@H](NC(=O)OC(C)(C)C)[C@@H](C)OC(C)(C)C.COc1ccc(C[C@H](NC(=O)[C@@H](NC(=O)OC(C)(C)C)[C@H](C)OC(C)(C)C)C(=O)N2CCC[C@@]2(C)C(=O)O)cc1.[Li+].[OH-]. The fraction of sp³-hybridized carbons (Fsp3) is 0.670. The van der Waals surface area contributed by atoms with Gasteiger partial charge in [-0.25, -0.2) is 33.6 Å². The standard InChI is InChI=1S/C30H47N3O8.C29H45N3O8.C25H39N3O6.C10H18O5.Li.H2O/c1-19(40-28(2,3)4)23(32-27(37)41-29(5,6)7)24(34)31-22(18-20-12-14-21(38-9)15-13-20)25(35)33-17-11-16-30(33,8)26(36)39-10;1-18(39-27(2,3)4)22(31-26(37)40-28(5,6)7)23(33)30-21(17-19-11-13-20(38-9)14-12-19)24(34)32-16-10-15-29(32,8)25(35)36;1-16(34-24(2,3)4)20(26)21(29)27-19(15-17-9-11-18(32-6)12-10-17)22(30)28-14-8-13-25(28,5)23(31)33-7;1-9(2,3)14-7(11)13-8(12)15-10(4,5)6;;/h12-15,19,22-23H,11,16-18H2,1-10H3,(H,31,34)(H,32,37);11-14,18,21-22H,10,15-17H2,1-9H3,(H,30,33)(H,31,37)(H,35,36);9-12,16,19-20H,8,13-15,26H2,1-7H3,(H,27,29);1-6H3;;1H2/q;;;;+1;/p-1/t19-,22+,23+,30+;18-,21-,22-,29-;16-,19+,20+,25+;;;/m101.../s1. The number of alkyl carbamates (subject to hydrolysis) is 2. The Hall–Kier alpha value is -10.0. The van der Waals surface area contributed by atoms with Crippen molar-refractivity contribution >= 4 is 77.8 Å². The molecule has 3 aromatic carbocycles. The summed E-state index contributed by atoms with van der Waals surface area (Å²) in [6.07, 6.45) is -2.37. The van der Waals surface area contributed by atoms with E-state index in [-0.39, 0.29) is 56.1 Å². The summed E-state index contributed by atoms with van der Waals surface area (Å²) in [7, 11) is 7.27. The van der Waals surface area contributed by atoms with Gasteiger partial charge in [0.25, 0.3) is 0 Å². The summed E-state index contributed by atoms with van der Waals surface area (Å²) in [5.74, 6) is -3.24. The van der Waals surface area contributed by atoms with E-state index in [4.69, 9.17) is 62.6 Å². The van der Waals surface area contributed by atoms with Crippen LogP contribution in [0.5, 0.6) is 17.2 Å². The number of nitrogens with two attached hydrogens (primary N) is 1. The molecule has 9 N–H and O–H groups in total. The predicted molar refractivity (Wildman–Crippen MR) is 486 cm³/mol. The molecule has 37 nitrogen and oxygen atoms in total. The molecule has 132 heavy (non-hydrogen) atoms. The molecular formula is C94H150LiN9O28. The van der Waals surface area contributed by atoms with Crippen LogP contribution in [0.4, 0.5) is 19.2 Å². The average Bonchev–Trinajstić information content (AvgIpc) is 1.62. The third-order valence-electron chi connectivity index (χ3n) is 20.3. The van der Waals surface area contributed by atoms with Gasteiger partial charge in [0.1, 0.15) is 92.5 Å². The molecule has 12 atom stereocenters. The number of nitrogens with one attached hydrogen (secondary N) is 5. The van der Waals surface area contributed by atoms with Crippen LogP contribution in [-0.4, -0.2) is 269 Å². The maximum Gasteiger partial charge on any atom is 1.00 e. The third kappa shape index (κ3) is 40.0. The molecule has 3 aliphatic rings. The summed E-state index contributed by atoms with van der Waals surface area (Å²) in [6.45, 7) is 47.8. The molecule has 0 spiro atoms. The number of benzene rings is 3. The molecule has 6 rings (SSSR count). The second-order valence-corrected chi connectivity index (χ2v) is 39.8. The average molecular weight is 1860 g/mol.